The van der Waals surface area contributed by atoms with Gasteiger partial charge in [-0.25, -0.2) is 4.68 Å². The van der Waals surface area contributed by atoms with E-state index in [1.54, 1.807) is 35.1 Å². The number of benzene rings is 2. The van der Waals surface area contributed by atoms with Crippen molar-refractivity contribution in [1.82, 2.24) is 35.8 Å². The zero-order valence-corrected chi connectivity index (χ0v) is 23.1. The van der Waals surface area contributed by atoms with Gasteiger partial charge in [-0.2, -0.15) is 0 Å². The Bertz CT molecular complexity index is 1450. The predicted octanol–water partition coefficient (Wildman–Crippen LogP) is 0.621. The lowest BCUT2D eigenvalue weighted by Crippen LogP contribution is -2.57. The number of rotatable bonds is 4. The molecule has 12 nitrogen and oxygen atoms in total. The molecule has 6 rings (SSSR count). The number of likely N-dealkylation sites (tertiary alicyclic amines) is 1. The fourth-order valence-electron chi connectivity index (χ4n) is 5.91. The maximum atomic E-state index is 13.7. The molecule has 1 spiro atoms. The minimum atomic E-state index is -0.995. The number of hydrogen-bond acceptors (Lipinski definition) is 7. The number of amides is 4. The molecule has 3 fully saturated rings. The Labute approximate surface area is 242 Å². The van der Waals surface area contributed by atoms with Crippen LogP contribution >= 0.6 is 0 Å². The van der Waals surface area contributed by atoms with Gasteiger partial charge in [0.1, 0.15) is 12.1 Å². The molecule has 3 aliphatic rings. The quantitative estimate of drug-likeness (QED) is 0.416. The number of fused-ring (bicyclic) bond motifs is 2. The van der Waals surface area contributed by atoms with Gasteiger partial charge in [-0.15, -0.1) is 5.10 Å². The van der Waals surface area contributed by atoms with E-state index in [0.29, 0.717) is 37.3 Å². The number of ether oxygens (including phenoxy) is 1. The van der Waals surface area contributed by atoms with Crippen molar-refractivity contribution in [3.05, 3.63) is 78.1 Å². The summed E-state index contributed by atoms with van der Waals surface area (Å²) < 4.78 is 7.14. The van der Waals surface area contributed by atoms with E-state index in [0.717, 1.165) is 5.69 Å². The Hall–Kier alpha value is -4.58. The molecule has 218 valence electrons. The normalized spacial score (nSPS) is 24.2. The van der Waals surface area contributed by atoms with E-state index in [-0.39, 0.29) is 37.7 Å². The molecule has 42 heavy (non-hydrogen) atoms. The number of carbonyl (C=O) groups excluding carboxylic acids is 4. The molecular formula is C30H33N7O5. The summed E-state index contributed by atoms with van der Waals surface area (Å²) in [7, 11) is 0. The van der Waals surface area contributed by atoms with E-state index in [1.807, 2.05) is 36.4 Å². The van der Waals surface area contributed by atoms with Gasteiger partial charge in [0.25, 0.3) is 5.91 Å². The molecule has 3 atom stereocenters. The highest BCUT2D eigenvalue weighted by molar-refractivity contribution is 5.99. The van der Waals surface area contributed by atoms with Crippen molar-refractivity contribution < 1.29 is 23.9 Å². The van der Waals surface area contributed by atoms with Gasteiger partial charge in [0.05, 0.1) is 23.0 Å². The molecule has 4 amide bonds. The average molecular weight is 572 g/mol. The summed E-state index contributed by atoms with van der Waals surface area (Å²) in [6, 6.07) is 15.9. The second-order valence-corrected chi connectivity index (χ2v) is 11.1. The van der Waals surface area contributed by atoms with Crippen LogP contribution in [0.1, 0.15) is 35.3 Å². The Kier molecular flexibility index (Phi) is 7.70. The van der Waals surface area contributed by atoms with Crippen LogP contribution in [0.15, 0.2) is 66.9 Å². The zero-order valence-electron chi connectivity index (χ0n) is 23.1. The van der Waals surface area contributed by atoms with E-state index in [1.165, 1.54) is 4.90 Å². The Balaban J connectivity index is 1.30. The van der Waals surface area contributed by atoms with Crippen LogP contribution in [-0.2, 0) is 25.5 Å². The van der Waals surface area contributed by atoms with Crippen LogP contribution in [0.2, 0.25) is 0 Å². The van der Waals surface area contributed by atoms with Gasteiger partial charge in [0, 0.05) is 44.3 Å². The van der Waals surface area contributed by atoms with Crippen LogP contribution in [0.5, 0.6) is 0 Å². The summed E-state index contributed by atoms with van der Waals surface area (Å²) in [5.74, 6) is -1.41. The molecule has 2 bridgehead atoms. The van der Waals surface area contributed by atoms with Gasteiger partial charge >= 0.3 is 0 Å². The van der Waals surface area contributed by atoms with Crippen molar-refractivity contribution in [3.8, 4) is 5.69 Å². The van der Waals surface area contributed by atoms with Gasteiger partial charge in [-0.05, 0) is 43.5 Å². The maximum Gasteiger partial charge on any atom is 0.254 e. The smallest absolute Gasteiger partial charge is 0.254 e. The number of carbonyl (C=O) groups is 4. The lowest BCUT2D eigenvalue weighted by atomic mass is 9.78. The van der Waals surface area contributed by atoms with Crippen molar-refractivity contribution in [1.29, 1.82) is 0 Å². The highest BCUT2D eigenvalue weighted by Gasteiger charge is 2.46. The summed E-state index contributed by atoms with van der Waals surface area (Å²) >= 11 is 0. The second kappa shape index (κ2) is 11.7. The summed E-state index contributed by atoms with van der Waals surface area (Å²) in [6.45, 7) is 1.09. The van der Waals surface area contributed by atoms with Crippen LogP contribution in [-0.4, -0.2) is 88.0 Å². The SMILES string of the molecule is O=C1NCC2(CCOCC2)C(=O)N[C@@H]2C[C@@H](C(=O)N[C@@H]1Cc1cn(-c3ccccc3)nn1)N(C(=O)c1ccccc1)C2. The molecule has 3 N–H and O–H groups in total. The van der Waals surface area contributed by atoms with Crippen LogP contribution in [0.4, 0.5) is 0 Å². The van der Waals surface area contributed by atoms with E-state index in [2.05, 4.69) is 26.3 Å². The van der Waals surface area contributed by atoms with E-state index < -0.39 is 35.4 Å². The van der Waals surface area contributed by atoms with Crippen molar-refractivity contribution in [2.45, 2.75) is 43.8 Å². The first-order chi connectivity index (χ1) is 20.4. The molecule has 4 heterocycles. The average Bonchev–Trinajstić information content (AvgIpc) is 3.67. The topological polar surface area (TPSA) is 148 Å². The molecule has 0 radical (unpaired) electrons. The number of hydrogen-bond donors (Lipinski definition) is 3. The zero-order chi connectivity index (χ0) is 29.1. The lowest BCUT2D eigenvalue weighted by Gasteiger charge is -2.37. The monoisotopic (exact) mass is 571 g/mol. The largest absolute Gasteiger partial charge is 0.381 e. The molecule has 0 unspecified atom stereocenters. The highest BCUT2D eigenvalue weighted by atomic mass is 16.5. The van der Waals surface area contributed by atoms with Gasteiger partial charge in [-0.1, -0.05) is 41.6 Å². The van der Waals surface area contributed by atoms with Gasteiger partial charge in [0.2, 0.25) is 17.7 Å². The Morgan fingerprint density at radius 3 is 2.40 bits per heavy atom. The fourth-order valence-corrected chi connectivity index (χ4v) is 5.91. The van der Waals surface area contributed by atoms with Crippen LogP contribution < -0.4 is 16.0 Å². The molecule has 0 saturated carbocycles. The van der Waals surface area contributed by atoms with Gasteiger partial charge < -0.3 is 25.6 Å². The number of nitrogens with one attached hydrogen (secondary N) is 3. The summed E-state index contributed by atoms with van der Waals surface area (Å²) in [5.41, 5.74) is 0.901. The highest BCUT2D eigenvalue weighted by Crippen LogP contribution is 2.32. The third kappa shape index (κ3) is 5.62. The second-order valence-electron chi connectivity index (χ2n) is 11.1. The minimum absolute atomic E-state index is 0.0789. The molecule has 2 aromatic carbocycles. The summed E-state index contributed by atoms with van der Waals surface area (Å²) in [4.78, 5) is 56.1. The first-order valence-electron chi connectivity index (χ1n) is 14.2. The number of aromatic nitrogens is 3. The van der Waals surface area contributed by atoms with Crippen molar-refractivity contribution in [3.63, 3.8) is 0 Å². The molecule has 3 aliphatic heterocycles. The molecular weight excluding hydrogens is 538 g/mol. The van der Waals surface area contributed by atoms with Crippen LogP contribution in [0.25, 0.3) is 5.69 Å². The lowest BCUT2D eigenvalue weighted by molar-refractivity contribution is -0.139. The number of nitrogens with zero attached hydrogens (tertiary/aromatic N) is 4. The minimum Gasteiger partial charge on any atom is -0.381 e. The summed E-state index contributed by atoms with van der Waals surface area (Å²) in [5, 5.41) is 17.3. The Morgan fingerprint density at radius 1 is 0.952 bits per heavy atom. The Morgan fingerprint density at radius 2 is 1.67 bits per heavy atom. The van der Waals surface area contributed by atoms with E-state index >= 15 is 0 Å². The first-order valence-corrected chi connectivity index (χ1v) is 14.2. The molecule has 12 heteroatoms. The summed E-state index contributed by atoms with van der Waals surface area (Å²) in [6.07, 6.45) is 2.93. The van der Waals surface area contributed by atoms with E-state index in [9.17, 15) is 19.2 Å². The van der Waals surface area contributed by atoms with E-state index in [4.69, 9.17) is 4.74 Å². The molecule has 0 aliphatic carbocycles. The fraction of sp³-hybridized carbons (Fsp3) is 0.400. The number of para-hydroxylation sites is 1. The van der Waals surface area contributed by atoms with Gasteiger partial charge in [-0.3, -0.25) is 19.2 Å². The molecule has 1 aromatic heterocycles. The van der Waals surface area contributed by atoms with Gasteiger partial charge in [0.15, 0.2) is 0 Å². The first kappa shape index (κ1) is 27.6. The van der Waals surface area contributed by atoms with Crippen LogP contribution in [0.3, 0.4) is 0 Å². The molecule has 3 saturated heterocycles. The van der Waals surface area contributed by atoms with Crippen molar-refractivity contribution in [2.24, 2.45) is 5.41 Å². The standard InChI is InChI=1S/C30H33N7O5/c38-26-24(15-22-18-37(35-34-22)23-9-5-2-6-10-23)33-27(39)25-16-21(17-36(25)28(40)20-7-3-1-4-8-20)32-29(41)30(19-31-26)11-13-42-14-12-30/h1-10,18,21,24-25H,11-17,19H2,(H,31,38)(H,32,41)(H,33,39)/t21-,24-,25+/m1/s1. The maximum absolute atomic E-state index is 13.7. The third-order valence-corrected chi connectivity index (χ3v) is 8.36. The van der Waals surface area contributed by atoms with Crippen LogP contribution in [0, 0.1) is 5.41 Å². The third-order valence-electron chi connectivity index (χ3n) is 8.36. The van der Waals surface area contributed by atoms with Crippen molar-refractivity contribution in [2.75, 3.05) is 26.3 Å². The van der Waals surface area contributed by atoms with Crippen molar-refractivity contribution >= 4 is 23.6 Å². The molecule has 3 aromatic rings. The predicted molar refractivity (Wildman–Crippen MR) is 150 cm³/mol.